The molecule has 0 aromatic heterocycles. The van der Waals surface area contributed by atoms with Crippen molar-refractivity contribution >= 4 is 5.91 Å². The van der Waals surface area contributed by atoms with Gasteiger partial charge in [0.05, 0.1) is 39.1 Å². The number of nitrogens with zero attached hydrogens (tertiary/aromatic N) is 1. The first kappa shape index (κ1) is 22.9. The van der Waals surface area contributed by atoms with Crippen LogP contribution in [0.25, 0.3) is 0 Å². The molecule has 0 aliphatic carbocycles. The molecule has 0 unspecified atom stereocenters. The quantitative estimate of drug-likeness (QED) is 0.394. The van der Waals surface area contributed by atoms with Crippen molar-refractivity contribution in [2.75, 3.05) is 40.3 Å². The molecule has 32 heavy (non-hydrogen) atoms. The van der Waals surface area contributed by atoms with Crippen molar-refractivity contribution in [1.82, 2.24) is 4.90 Å². The summed E-state index contributed by atoms with van der Waals surface area (Å²) in [5.41, 5.74) is 1.12. The molecule has 2 aliphatic heterocycles. The second kappa shape index (κ2) is 11.0. The number of carbonyl (C=O) groups is 1. The summed E-state index contributed by atoms with van der Waals surface area (Å²) in [6.45, 7) is 2.10. The lowest BCUT2D eigenvalue weighted by molar-refractivity contribution is -0.242. The topological polar surface area (TPSA) is 66.5 Å². The highest BCUT2D eigenvalue weighted by Crippen LogP contribution is 2.45. The molecule has 0 N–H and O–H groups in total. The zero-order valence-electron chi connectivity index (χ0n) is 18.5. The highest BCUT2D eigenvalue weighted by atomic mass is 16.7. The van der Waals surface area contributed by atoms with Crippen molar-refractivity contribution in [2.45, 2.75) is 37.3 Å². The van der Waals surface area contributed by atoms with E-state index in [4.69, 9.17) is 23.7 Å². The molecule has 2 fully saturated rings. The fourth-order valence-electron chi connectivity index (χ4n) is 4.42. The summed E-state index contributed by atoms with van der Waals surface area (Å²) < 4.78 is 29.2. The fourth-order valence-corrected chi connectivity index (χ4v) is 4.42. The van der Waals surface area contributed by atoms with Crippen LogP contribution in [0.4, 0.5) is 0 Å². The first-order chi connectivity index (χ1) is 15.7. The molecule has 7 heteroatoms. The van der Waals surface area contributed by atoms with E-state index in [1.807, 2.05) is 65.6 Å². The Kier molecular flexibility index (Phi) is 7.89. The minimum absolute atomic E-state index is 0.0554. The maximum absolute atomic E-state index is 13.1. The maximum atomic E-state index is 13.1. The molecule has 2 heterocycles. The molecule has 0 spiro atoms. The number of hydrogen-bond donors (Lipinski definition) is 0. The second-order valence-electron chi connectivity index (χ2n) is 8.04. The monoisotopic (exact) mass is 441 g/mol. The van der Waals surface area contributed by atoms with Crippen molar-refractivity contribution in [3.63, 3.8) is 0 Å². The Morgan fingerprint density at radius 3 is 2.53 bits per heavy atom. The average Bonchev–Trinajstić information content (AvgIpc) is 3.23. The van der Waals surface area contributed by atoms with Gasteiger partial charge in [-0.05, 0) is 17.5 Å². The first-order valence-corrected chi connectivity index (χ1v) is 11.1. The van der Waals surface area contributed by atoms with Crippen molar-refractivity contribution in [1.29, 1.82) is 0 Å². The molecular formula is C25H31NO6. The van der Waals surface area contributed by atoms with E-state index in [0.717, 1.165) is 11.1 Å². The van der Waals surface area contributed by atoms with Gasteiger partial charge in [0, 0.05) is 13.5 Å². The minimum atomic E-state index is -0.991. The summed E-state index contributed by atoms with van der Waals surface area (Å²) in [6, 6.07) is 19.8. The third-order valence-corrected chi connectivity index (χ3v) is 5.99. The average molecular weight is 442 g/mol. The number of ether oxygens (including phenoxy) is 5. The van der Waals surface area contributed by atoms with Crippen molar-refractivity contribution < 1.29 is 28.5 Å². The number of methoxy groups -OCH3 is 1. The Morgan fingerprint density at radius 2 is 1.78 bits per heavy atom. The minimum Gasteiger partial charge on any atom is -0.382 e. The number of benzene rings is 2. The Labute approximate surface area is 189 Å². The lowest BCUT2D eigenvalue weighted by Gasteiger charge is -2.47. The predicted octanol–water partition coefficient (Wildman–Crippen LogP) is 3.30. The Balaban J connectivity index is 1.52. The number of piperidine rings is 1. The van der Waals surface area contributed by atoms with Gasteiger partial charge in [-0.3, -0.25) is 4.79 Å². The van der Waals surface area contributed by atoms with Gasteiger partial charge >= 0.3 is 0 Å². The van der Waals surface area contributed by atoms with Crippen LogP contribution in [0.1, 0.15) is 30.0 Å². The van der Waals surface area contributed by atoms with E-state index in [1.54, 1.807) is 7.11 Å². The molecule has 3 atom stereocenters. The van der Waals surface area contributed by atoms with Crippen LogP contribution in [0, 0.1) is 0 Å². The Bertz CT molecular complexity index is 848. The summed E-state index contributed by atoms with van der Waals surface area (Å²) in [5.74, 6) is 0.0554. The summed E-state index contributed by atoms with van der Waals surface area (Å²) in [5, 5.41) is 0. The van der Waals surface area contributed by atoms with E-state index in [0.29, 0.717) is 39.3 Å². The van der Waals surface area contributed by atoms with Crippen LogP contribution >= 0.6 is 0 Å². The van der Waals surface area contributed by atoms with Gasteiger partial charge in [-0.1, -0.05) is 60.7 Å². The van der Waals surface area contributed by atoms with Crippen molar-refractivity contribution in [3.05, 3.63) is 71.8 Å². The molecule has 2 aromatic rings. The SMILES string of the molecule is COCCOCO[C@@H]1CCC(=O)N2[C@H](c3ccccc3)CO[C@@]12COCc1ccccc1. The smallest absolute Gasteiger partial charge is 0.225 e. The van der Waals surface area contributed by atoms with Crippen LogP contribution < -0.4 is 0 Å². The third-order valence-electron chi connectivity index (χ3n) is 5.99. The standard InChI is InChI=1S/C25H31NO6/c1-28-14-15-29-19-31-23-12-13-24(27)26-22(21-10-6-3-7-11-21)17-32-25(23,26)18-30-16-20-8-4-2-5-9-20/h2-11,22-23H,12-19H2,1H3/t22-,23+,25-/m0/s1. The third kappa shape index (κ3) is 5.03. The molecule has 0 radical (unpaired) electrons. The largest absolute Gasteiger partial charge is 0.382 e. The van der Waals surface area contributed by atoms with Gasteiger partial charge in [-0.2, -0.15) is 0 Å². The summed E-state index contributed by atoms with van der Waals surface area (Å²) >= 11 is 0. The molecule has 7 nitrogen and oxygen atoms in total. The Hall–Kier alpha value is -2.29. The van der Waals surface area contributed by atoms with Gasteiger partial charge in [0.25, 0.3) is 0 Å². The summed E-state index contributed by atoms with van der Waals surface area (Å²) in [6.07, 6.45) is 0.599. The maximum Gasteiger partial charge on any atom is 0.225 e. The molecule has 1 amide bonds. The number of carbonyl (C=O) groups excluding carboxylic acids is 1. The van der Waals surface area contributed by atoms with E-state index in [2.05, 4.69) is 0 Å². The highest BCUT2D eigenvalue weighted by molar-refractivity contribution is 5.79. The molecular weight excluding hydrogens is 410 g/mol. The van der Waals surface area contributed by atoms with Gasteiger partial charge in [0.2, 0.25) is 5.91 Å². The summed E-state index contributed by atoms with van der Waals surface area (Å²) in [4.78, 5) is 15.0. The van der Waals surface area contributed by atoms with E-state index >= 15 is 0 Å². The van der Waals surface area contributed by atoms with Gasteiger partial charge in [0.15, 0.2) is 5.72 Å². The molecule has 2 saturated heterocycles. The van der Waals surface area contributed by atoms with Crippen LogP contribution in [-0.4, -0.2) is 63.0 Å². The fraction of sp³-hybridized carbons (Fsp3) is 0.480. The lowest BCUT2D eigenvalue weighted by atomic mass is 9.92. The van der Waals surface area contributed by atoms with E-state index in [9.17, 15) is 4.79 Å². The highest BCUT2D eigenvalue weighted by Gasteiger charge is 2.58. The van der Waals surface area contributed by atoms with E-state index in [-0.39, 0.29) is 31.5 Å². The van der Waals surface area contributed by atoms with Crippen LogP contribution in [-0.2, 0) is 35.1 Å². The normalized spacial score (nSPS) is 25.2. The zero-order valence-corrected chi connectivity index (χ0v) is 18.5. The molecule has 2 aromatic carbocycles. The number of fused-ring (bicyclic) bond motifs is 1. The molecule has 172 valence electrons. The molecule has 0 bridgehead atoms. The van der Waals surface area contributed by atoms with Gasteiger partial charge in [0.1, 0.15) is 12.9 Å². The number of hydrogen-bond acceptors (Lipinski definition) is 6. The molecule has 4 rings (SSSR count). The van der Waals surface area contributed by atoms with Crippen LogP contribution in [0.5, 0.6) is 0 Å². The predicted molar refractivity (Wildman–Crippen MR) is 118 cm³/mol. The number of amides is 1. The first-order valence-electron chi connectivity index (χ1n) is 11.1. The summed E-state index contributed by atoms with van der Waals surface area (Å²) in [7, 11) is 1.63. The van der Waals surface area contributed by atoms with E-state index < -0.39 is 5.72 Å². The number of rotatable bonds is 11. The molecule has 0 saturated carbocycles. The molecule has 2 aliphatic rings. The van der Waals surface area contributed by atoms with Crippen molar-refractivity contribution in [2.24, 2.45) is 0 Å². The van der Waals surface area contributed by atoms with Crippen LogP contribution in [0.3, 0.4) is 0 Å². The zero-order chi connectivity index (χ0) is 22.2. The van der Waals surface area contributed by atoms with Crippen molar-refractivity contribution in [3.8, 4) is 0 Å². The van der Waals surface area contributed by atoms with Gasteiger partial charge in [-0.25, -0.2) is 0 Å². The lowest BCUT2D eigenvalue weighted by Crippen LogP contribution is -2.63. The van der Waals surface area contributed by atoms with Gasteiger partial charge < -0.3 is 28.6 Å². The van der Waals surface area contributed by atoms with Crippen LogP contribution in [0.15, 0.2) is 60.7 Å². The van der Waals surface area contributed by atoms with Crippen LogP contribution in [0.2, 0.25) is 0 Å². The second-order valence-corrected chi connectivity index (χ2v) is 8.04. The van der Waals surface area contributed by atoms with E-state index in [1.165, 1.54) is 0 Å². The Morgan fingerprint density at radius 1 is 1.03 bits per heavy atom. The van der Waals surface area contributed by atoms with Gasteiger partial charge in [-0.15, -0.1) is 0 Å².